The highest BCUT2D eigenvalue weighted by atomic mass is 32.2. The molecule has 0 amide bonds. The summed E-state index contributed by atoms with van der Waals surface area (Å²) in [5.41, 5.74) is 2.55. The van der Waals surface area contributed by atoms with Crippen molar-refractivity contribution in [3.63, 3.8) is 0 Å². The average molecular weight is 442 g/mol. The number of ether oxygens (including phenoxy) is 1. The quantitative estimate of drug-likeness (QED) is 0.605. The molecule has 0 radical (unpaired) electrons. The Morgan fingerprint density at radius 1 is 1.27 bits per heavy atom. The first-order chi connectivity index (χ1) is 14.7. The summed E-state index contributed by atoms with van der Waals surface area (Å²) in [5.74, 6) is 3.34. The van der Waals surface area contributed by atoms with Crippen LogP contribution in [0.25, 0.3) is 10.2 Å². The van der Waals surface area contributed by atoms with Crippen molar-refractivity contribution < 1.29 is 4.74 Å². The molecule has 2 aliphatic rings. The number of thioether (sulfide) groups is 1. The van der Waals surface area contributed by atoms with Gasteiger partial charge in [-0.3, -0.25) is 14.3 Å². The molecule has 0 spiro atoms. The van der Waals surface area contributed by atoms with Gasteiger partial charge in [0, 0.05) is 42.1 Å². The monoisotopic (exact) mass is 441 g/mol. The average Bonchev–Trinajstić information content (AvgIpc) is 3.18. The number of rotatable bonds is 5. The molecule has 1 atom stereocenters. The number of nitrogens with zero attached hydrogens (tertiary/aromatic N) is 3. The Labute approximate surface area is 185 Å². The zero-order valence-electron chi connectivity index (χ0n) is 17.3. The van der Waals surface area contributed by atoms with Gasteiger partial charge in [-0.05, 0) is 48.9 Å². The molecule has 1 unspecified atom stereocenters. The van der Waals surface area contributed by atoms with Crippen LogP contribution >= 0.6 is 23.1 Å². The molecule has 7 heteroatoms. The number of aromatic nitrogens is 2. The molecule has 3 aromatic rings. The predicted molar refractivity (Wildman–Crippen MR) is 125 cm³/mol. The van der Waals surface area contributed by atoms with Crippen LogP contribution in [-0.2, 0) is 25.8 Å². The van der Waals surface area contributed by atoms with Crippen LogP contribution in [0.15, 0.2) is 35.4 Å². The summed E-state index contributed by atoms with van der Waals surface area (Å²) < 4.78 is 7.09. The van der Waals surface area contributed by atoms with Crippen LogP contribution in [0.4, 0.5) is 0 Å². The van der Waals surface area contributed by atoms with Gasteiger partial charge in [0.05, 0.1) is 18.8 Å². The van der Waals surface area contributed by atoms with Gasteiger partial charge in [0.2, 0.25) is 0 Å². The summed E-state index contributed by atoms with van der Waals surface area (Å²) in [7, 11) is 1.68. The molecule has 1 aliphatic carbocycles. The third-order valence-corrected chi connectivity index (χ3v) is 8.45. The molecular formula is C23H27N3O2S2. The minimum absolute atomic E-state index is 0.119. The van der Waals surface area contributed by atoms with E-state index in [0.29, 0.717) is 12.6 Å². The molecule has 3 heterocycles. The fourth-order valence-electron chi connectivity index (χ4n) is 4.67. The minimum Gasteiger partial charge on any atom is -0.497 e. The van der Waals surface area contributed by atoms with Crippen molar-refractivity contribution in [2.75, 3.05) is 31.7 Å². The lowest BCUT2D eigenvalue weighted by molar-refractivity contribution is 0.199. The third-order valence-electron chi connectivity index (χ3n) is 6.35. The van der Waals surface area contributed by atoms with Gasteiger partial charge in [0.15, 0.2) is 0 Å². The predicted octanol–water partition coefficient (Wildman–Crippen LogP) is 3.62. The van der Waals surface area contributed by atoms with E-state index >= 15 is 0 Å². The van der Waals surface area contributed by atoms with Crippen molar-refractivity contribution in [3.8, 4) is 5.75 Å². The lowest BCUT2D eigenvalue weighted by atomic mass is 9.92. The van der Waals surface area contributed by atoms with E-state index in [-0.39, 0.29) is 5.56 Å². The molecule has 2 aromatic heterocycles. The van der Waals surface area contributed by atoms with Crippen LogP contribution in [0.1, 0.15) is 22.4 Å². The number of hydrogen-bond acceptors (Lipinski definition) is 6. The number of aryl methyl sites for hydroxylation is 3. The number of methoxy groups -OCH3 is 1. The summed E-state index contributed by atoms with van der Waals surface area (Å²) in [5, 5.41) is 0.871. The second-order valence-electron chi connectivity index (χ2n) is 8.07. The van der Waals surface area contributed by atoms with E-state index in [1.807, 2.05) is 18.2 Å². The van der Waals surface area contributed by atoms with Crippen molar-refractivity contribution in [2.45, 2.75) is 38.3 Å². The summed E-state index contributed by atoms with van der Waals surface area (Å²) in [6.45, 7) is 3.03. The summed E-state index contributed by atoms with van der Waals surface area (Å²) in [6, 6.07) is 8.66. The number of fused-ring (bicyclic) bond motifs is 3. The molecular weight excluding hydrogens is 414 g/mol. The van der Waals surface area contributed by atoms with Crippen molar-refractivity contribution in [1.82, 2.24) is 14.5 Å². The largest absolute Gasteiger partial charge is 0.497 e. The van der Waals surface area contributed by atoms with Crippen molar-refractivity contribution in [2.24, 2.45) is 0 Å². The molecule has 1 fully saturated rings. The standard InChI is InChI=1S/C23H27N3O2S2/c1-28-18-4-2-3-16(13-18)7-8-26-15-24-22-21(23(26)27)19-6-5-17(14-20(19)30-22)25-9-11-29-12-10-25/h2-4,13,15,17H,5-12,14H2,1H3. The maximum atomic E-state index is 13.3. The van der Waals surface area contributed by atoms with Crippen LogP contribution in [0, 0.1) is 0 Å². The summed E-state index contributed by atoms with van der Waals surface area (Å²) in [6.07, 6.45) is 5.74. The Hall–Kier alpha value is -1.83. The first-order valence-corrected chi connectivity index (χ1v) is 12.6. The van der Waals surface area contributed by atoms with E-state index in [0.717, 1.165) is 47.2 Å². The summed E-state index contributed by atoms with van der Waals surface area (Å²) >= 11 is 3.80. The topological polar surface area (TPSA) is 47.4 Å². The van der Waals surface area contributed by atoms with E-state index in [2.05, 4.69) is 27.7 Å². The smallest absolute Gasteiger partial charge is 0.262 e. The lowest BCUT2D eigenvalue weighted by Gasteiger charge is -2.36. The van der Waals surface area contributed by atoms with Gasteiger partial charge >= 0.3 is 0 Å². The molecule has 158 valence electrons. The molecule has 0 saturated carbocycles. The van der Waals surface area contributed by atoms with E-state index < -0.39 is 0 Å². The third kappa shape index (κ3) is 3.90. The molecule has 0 bridgehead atoms. The first-order valence-electron chi connectivity index (χ1n) is 10.7. The van der Waals surface area contributed by atoms with Crippen molar-refractivity contribution in [1.29, 1.82) is 0 Å². The Morgan fingerprint density at radius 3 is 2.97 bits per heavy atom. The van der Waals surface area contributed by atoms with Gasteiger partial charge in [0.25, 0.3) is 5.56 Å². The highest BCUT2D eigenvalue weighted by molar-refractivity contribution is 7.99. The molecule has 5 rings (SSSR count). The van der Waals surface area contributed by atoms with Gasteiger partial charge in [-0.25, -0.2) is 4.98 Å². The Kier molecular flexibility index (Phi) is 5.85. The first kappa shape index (κ1) is 20.1. The molecule has 5 nitrogen and oxygen atoms in total. The highest BCUT2D eigenvalue weighted by Crippen LogP contribution is 2.35. The van der Waals surface area contributed by atoms with Crippen LogP contribution in [0.5, 0.6) is 5.75 Å². The van der Waals surface area contributed by atoms with E-state index in [4.69, 9.17) is 4.74 Å². The number of thiophene rings is 1. The van der Waals surface area contributed by atoms with Crippen LogP contribution < -0.4 is 10.3 Å². The number of hydrogen-bond donors (Lipinski definition) is 0. The fraction of sp³-hybridized carbons (Fsp3) is 0.478. The van der Waals surface area contributed by atoms with Crippen LogP contribution in [0.2, 0.25) is 0 Å². The second-order valence-corrected chi connectivity index (χ2v) is 10.4. The van der Waals surface area contributed by atoms with Gasteiger partial charge in [-0.1, -0.05) is 12.1 Å². The maximum absolute atomic E-state index is 13.3. The Bertz CT molecular complexity index is 1100. The van der Waals surface area contributed by atoms with E-state index in [1.54, 1.807) is 29.3 Å². The minimum atomic E-state index is 0.119. The van der Waals surface area contributed by atoms with Crippen molar-refractivity contribution in [3.05, 3.63) is 57.0 Å². The van der Waals surface area contributed by atoms with E-state index in [9.17, 15) is 4.79 Å². The second kappa shape index (κ2) is 8.73. The lowest BCUT2D eigenvalue weighted by Crippen LogP contribution is -2.43. The zero-order valence-corrected chi connectivity index (χ0v) is 18.9. The Morgan fingerprint density at radius 2 is 2.13 bits per heavy atom. The van der Waals surface area contributed by atoms with Gasteiger partial charge in [0.1, 0.15) is 10.6 Å². The van der Waals surface area contributed by atoms with Gasteiger partial charge in [-0.15, -0.1) is 11.3 Å². The normalized spacial score (nSPS) is 19.7. The van der Waals surface area contributed by atoms with Crippen molar-refractivity contribution >= 4 is 33.3 Å². The van der Waals surface area contributed by atoms with Gasteiger partial charge in [-0.2, -0.15) is 11.8 Å². The molecule has 1 saturated heterocycles. The van der Waals surface area contributed by atoms with Crippen LogP contribution in [0.3, 0.4) is 0 Å². The SMILES string of the molecule is COc1cccc(CCn2cnc3sc4c(c3c2=O)CCC(N2CCSCC2)C4)c1. The van der Waals surface area contributed by atoms with Crippen LogP contribution in [-0.4, -0.2) is 52.2 Å². The molecule has 0 N–H and O–H groups in total. The fourth-order valence-corrected chi connectivity index (χ4v) is 6.86. The zero-order chi connectivity index (χ0) is 20.5. The Balaban J connectivity index is 1.38. The molecule has 30 heavy (non-hydrogen) atoms. The molecule has 1 aromatic carbocycles. The summed E-state index contributed by atoms with van der Waals surface area (Å²) in [4.78, 5) is 22.9. The maximum Gasteiger partial charge on any atom is 0.262 e. The highest BCUT2D eigenvalue weighted by Gasteiger charge is 2.29. The number of benzene rings is 1. The van der Waals surface area contributed by atoms with E-state index in [1.165, 1.54) is 35.0 Å². The molecule has 1 aliphatic heterocycles. The van der Waals surface area contributed by atoms with Gasteiger partial charge < -0.3 is 4.74 Å².